The fraction of sp³-hybridized carbons (Fsp3) is 0.273. The van der Waals surface area contributed by atoms with Gasteiger partial charge in [-0.1, -0.05) is 17.7 Å². The molecule has 3 nitrogen and oxygen atoms in total. The van der Waals surface area contributed by atoms with E-state index in [1.165, 1.54) is 0 Å². The Morgan fingerprint density at radius 1 is 1.19 bits per heavy atom. The predicted molar refractivity (Wildman–Crippen MR) is 63.2 cm³/mol. The van der Waals surface area contributed by atoms with Crippen molar-refractivity contribution in [2.24, 2.45) is 0 Å². The SMILES string of the molecule is Clc1nc(Cl)c2cccc(OC3CC3)c2n1. The molecule has 1 aromatic carbocycles. The zero-order valence-corrected chi connectivity index (χ0v) is 9.79. The topological polar surface area (TPSA) is 35.0 Å². The number of hydrogen-bond acceptors (Lipinski definition) is 3. The maximum atomic E-state index is 6.00. The maximum absolute atomic E-state index is 6.00. The quantitative estimate of drug-likeness (QED) is 0.608. The first-order chi connectivity index (χ1) is 7.74. The second-order valence-electron chi connectivity index (χ2n) is 3.75. The summed E-state index contributed by atoms with van der Waals surface area (Å²) in [6.45, 7) is 0. The zero-order chi connectivity index (χ0) is 11.1. The summed E-state index contributed by atoms with van der Waals surface area (Å²) >= 11 is 11.8. The summed E-state index contributed by atoms with van der Waals surface area (Å²) in [6, 6.07) is 5.61. The van der Waals surface area contributed by atoms with E-state index in [1.54, 1.807) is 0 Å². The third-order valence-corrected chi connectivity index (χ3v) is 2.89. The fourth-order valence-electron chi connectivity index (χ4n) is 1.52. The highest BCUT2D eigenvalue weighted by Gasteiger charge is 2.24. The van der Waals surface area contributed by atoms with Crippen molar-refractivity contribution in [3.05, 3.63) is 28.6 Å². The van der Waals surface area contributed by atoms with Gasteiger partial charge in [0.15, 0.2) is 0 Å². The van der Waals surface area contributed by atoms with Crippen molar-refractivity contribution in [2.75, 3.05) is 0 Å². The van der Waals surface area contributed by atoms with Crippen molar-refractivity contribution < 1.29 is 4.74 Å². The van der Waals surface area contributed by atoms with Gasteiger partial charge >= 0.3 is 0 Å². The van der Waals surface area contributed by atoms with Gasteiger partial charge in [0, 0.05) is 5.39 Å². The number of ether oxygens (including phenoxy) is 1. The van der Waals surface area contributed by atoms with Crippen LogP contribution in [0.2, 0.25) is 10.4 Å². The Bertz CT molecular complexity index is 555. The molecular formula is C11H8Cl2N2O. The first kappa shape index (κ1) is 10.1. The molecule has 82 valence electrons. The maximum Gasteiger partial charge on any atom is 0.224 e. The van der Waals surface area contributed by atoms with E-state index >= 15 is 0 Å². The summed E-state index contributed by atoms with van der Waals surface area (Å²) in [5.41, 5.74) is 0.680. The van der Waals surface area contributed by atoms with Gasteiger partial charge in [0.25, 0.3) is 0 Å². The molecule has 16 heavy (non-hydrogen) atoms. The van der Waals surface area contributed by atoms with Gasteiger partial charge in [-0.25, -0.2) is 9.97 Å². The highest BCUT2D eigenvalue weighted by Crippen LogP contribution is 2.33. The van der Waals surface area contributed by atoms with E-state index in [0.29, 0.717) is 16.8 Å². The van der Waals surface area contributed by atoms with E-state index in [-0.39, 0.29) is 5.28 Å². The minimum absolute atomic E-state index is 0.143. The molecule has 0 radical (unpaired) electrons. The van der Waals surface area contributed by atoms with Crippen molar-refractivity contribution >= 4 is 34.1 Å². The molecule has 3 rings (SSSR count). The van der Waals surface area contributed by atoms with Crippen molar-refractivity contribution in [1.82, 2.24) is 9.97 Å². The van der Waals surface area contributed by atoms with Crippen LogP contribution in [0.25, 0.3) is 10.9 Å². The lowest BCUT2D eigenvalue weighted by atomic mass is 10.2. The van der Waals surface area contributed by atoms with Gasteiger partial charge in [0.1, 0.15) is 16.4 Å². The van der Waals surface area contributed by atoms with E-state index < -0.39 is 0 Å². The molecule has 0 aliphatic heterocycles. The molecule has 0 spiro atoms. The molecule has 2 aromatic rings. The fourth-order valence-corrected chi connectivity index (χ4v) is 1.97. The van der Waals surface area contributed by atoms with Gasteiger partial charge in [-0.15, -0.1) is 0 Å². The summed E-state index contributed by atoms with van der Waals surface area (Å²) in [4.78, 5) is 8.06. The second kappa shape index (κ2) is 3.75. The van der Waals surface area contributed by atoms with E-state index in [9.17, 15) is 0 Å². The lowest BCUT2D eigenvalue weighted by molar-refractivity contribution is 0.306. The normalized spacial score (nSPS) is 15.4. The molecule has 0 unspecified atom stereocenters. The Balaban J connectivity index is 2.19. The van der Waals surface area contributed by atoms with Crippen LogP contribution in [0.15, 0.2) is 18.2 Å². The average molecular weight is 255 g/mol. The third kappa shape index (κ3) is 1.81. The molecule has 1 heterocycles. The number of fused-ring (bicyclic) bond motifs is 1. The van der Waals surface area contributed by atoms with Gasteiger partial charge < -0.3 is 4.74 Å². The van der Waals surface area contributed by atoms with Gasteiger partial charge in [-0.05, 0) is 36.6 Å². The summed E-state index contributed by atoms with van der Waals surface area (Å²) in [7, 11) is 0. The minimum atomic E-state index is 0.143. The molecule has 0 atom stereocenters. The average Bonchev–Trinajstić information content (AvgIpc) is 3.03. The summed E-state index contributed by atoms with van der Waals surface area (Å²) < 4.78 is 5.74. The van der Waals surface area contributed by atoms with Gasteiger partial charge in [0.05, 0.1) is 6.10 Å². The Morgan fingerprint density at radius 3 is 2.75 bits per heavy atom. The lowest BCUT2D eigenvalue weighted by Crippen LogP contribution is -1.98. The molecule has 1 aromatic heterocycles. The van der Waals surface area contributed by atoms with Gasteiger partial charge in [0.2, 0.25) is 5.28 Å². The molecule has 5 heteroatoms. The van der Waals surface area contributed by atoms with Gasteiger partial charge in [-0.2, -0.15) is 0 Å². The first-order valence-electron chi connectivity index (χ1n) is 5.02. The van der Waals surface area contributed by atoms with Crippen LogP contribution < -0.4 is 4.74 Å². The number of halogens is 2. The van der Waals surface area contributed by atoms with E-state index in [1.807, 2.05) is 18.2 Å². The van der Waals surface area contributed by atoms with Crippen LogP contribution in [0, 0.1) is 0 Å². The summed E-state index contributed by atoms with van der Waals surface area (Å²) in [5, 5.41) is 1.27. The Labute approximate surface area is 102 Å². The molecule has 0 N–H and O–H groups in total. The van der Waals surface area contributed by atoms with Crippen LogP contribution >= 0.6 is 23.2 Å². The predicted octanol–water partition coefficient (Wildman–Crippen LogP) is 3.48. The Morgan fingerprint density at radius 2 is 2.00 bits per heavy atom. The monoisotopic (exact) mass is 254 g/mol. The van der Waals surface area contributed by atoms with Crippen LogP contribution in [-0.4, -0.2) is 16.1 Å². The molecule has 1 aliphatic carbocycles. The number of hydrogen-bond donors (Lipinski definition) is 0. The highest BCUT2D eigenvalue weighted by atomic mass is 35.5. The number of rotatable bonds is 2. The van der Waals surface area contributed by atoms with E-state index in [0.717, 1.165) is 24.0 Å². The van der Waals surface area contributed by atoms with Gasteiger partial charge in [-0.3, -0.25) is 0 Å². The molecule has 0 saturated heterocycles. The highest BCUT2D eigenvalue weighted by molar-refractivity contribution is 6.35. The van der Waals surface area contributed by atoms with Crippen molar-refractivity contribution in [2.45, 2.75) is 18.9 Å². The van der Waals surface area contributed by atoms with Crippen LogP contribution in [-0.2, 0) is 0 Å². The van der Waals surface area contributed by atoms with Crippen molar-refractivity contribution in [1.29, 1.82) is 0 Å². The van der Waals surface area contributed by atoms with Crippen molar-refractivity contribution in [3.8, 4) is 5.75 Å². The third-order valence-electron chi connectivity index (χ3n) is 2.43. The lowest BCUT2D eigenvalue weighted by Gasteiger charge is -2.08. The number of benzene rings is 1. The number of nitrogens with zero attached hydrogens (tertiary/aromatic N) is 2. The molecular weight excluding hydrogens is 247 g/mol. The minimum Gasteiger partial charge on any atom is -0.488 e. The van der Waals surface area contributed by atoms with E-state index in [4.69, 9.17) is 27.9 Å². The smallest absolute Gasteiger partial charge is 0.224 e. The summed E-state index contributed by atoms with van der Waals surface area (Å²) in [5.74, 6) is 0.728. The Hall–Kier alpha value is -1.06. The Kier molecular flexibility index (Phi) is 2.37. The standard InChI is InChI=1S/C11H8Cl2N2O/c12-10-7-2-1-3-8(16-6-4-5-6)9(7)14-11(13)15-10/h1-3,6H,4-5H2. The van der Waals surface area contributed by atoms with Crippen LogP contribution in [0.3, 0.4) is 0 Å². The first-order valence-corrected chi connectivity index (χ1v) is 5.78. The molecule has 0 bridgehead atoms. The molecule has 1 saturated carbocycles. The molecule has 1 aliphatic rings. The number of para-hydroxylation sites is 1. The van der Waals surface area contributed by atoms with Crippen molar-refractivity contribution in [3.63, 3.8) is 0 Å². The van der Waals surface area contributed by atoms with Crippen LogP contribution in [0.5, 0.6) is 5.75 Å². The number of aromatic nitrogens is 2. The molecule has 1 fully saturated rings. The largest absolute Gasteiger partial charge is 0.488 e. The van der Waals surface area contributed by atoms with Crippen LogP contribution in [0.4, 0.5) is 0 Å². The van der Waals surface area contributed by atoms with Crippen LogP contribution in [0.1, 0.15) is 12.8 Å². The second-order valence-corrected chi connectivity index (χ2v) is 4.45. The summed E-state index contributed by atoms with van der Waals surface area (Å²) in [6.07, 6.45) is 2.52. The van der Waals surface area contributed by atoms with E-state index in [2.05, 4.69) is 9.97 Å². The zero-order valence-electron chi connectivity index (χ0n) is 8.28. The molecule has 0 amide bonds.